The third-order valence-corrected chi connectivity index (χ3v) is 7.08. The first-order valence-electron chi connectivity index (χ1n) is 12.6. The van der Waals surface area contributed by atoms with E-state index in [1.165, 1.54) is 82.6 Å². The van der Waals surface area contributed by atoms with Crippen molar-refractivity contribution in [3.8, 4) is 0 Å². The van der Waals surface area contributed by atoms with E-state index in [4.69, 9.17) is 9.47 Å². The Morgan fingerprint density at radius 1 is 0.767 bits per heavy atom. The van der Waals surface area contributed by atoms with Gasteiger partial charge >= 0.3 is 0 Å². The Bertz CT molecular complexity index is 465. The number of benzene rings is 1. The minimum atomic E-state index is 0.420. The molecule has 0 N–H and O–H groups in total. The summed E-state index contributed by atoms with van der Waals surface area (Å²) in [4.78, 5) is 0. The van der Waals surface area contributed by atoms with Crippen molar-refractivity contribution in [3.63, 3.8) is 0 Å². The van der Waals surface area contributed by atoms with E-state index in [-0.39, 0.29) is 0 Å². The molecule has 0 aliphatic rings. The van der Waals surface area contributed by atoms with Crippen molar-refractivity contribution < 1.29 is 9.47 Å². The molecule has 0 fully saturated rings. The molecule has 174 valence electrons. The summed E-state index contributed by atoms with van der Waals surface area (Å²) in [5, 5.41) is 0. The minimum Gasteiger partial charge on any atom is -0.378 e. The summed E-state index contributed by atoms with van der Waals surface area (Å²) in [6, 6.07) is 10.4. The second-order valence-corrected chi connectivity index (χ2v) is 9.59. The molecule has 0 saturated heterocycles. The van der Waals surface area contributed by atoms with Crippen LogP contribution in [0.5, 0.6) is 0 Å². The summed E-state index contributed by atoms with van der Waals surface area (Å²) >= 11 is 2.46. The molecule has 2 nitrogen and oxygen atoms in total. The number of halogens is 1. The van der Waals surface area contributed by atoms with Crippen LogP contribution in [0.4, 0.5) is 0 Å². The molecule has 0 aliphatic carbocycles. The molecule has 0 spiro atoms. The molecule has 0 aromatic heterocycles. The van der Waals surface area contributed by atoms with Crippen molar-refractivity contribution in [1.82, 2.24) is 0 Å². The highest BCUT2D eigenvalue weighted by molar-refractivity contribution is 14.1. The van der Waals surface area contributed by atoms with Crippen molar-refractivity contribution in [3.05, 3.63) is 35.9 Å². The average molecular weight is 531 g/mol. The molecule has 1 aromatic carbocycles. The molecular weight excluding hydrogens is 483 g/mol. The van der Waals surface area contributed by atoms with Gasteiger partial charge in [0.25, 0.3) is 0 Å². The van der Waals surface area contributed by atoms with Crippen molar-refractivity contribution in [2.75, 3.05) is 17.6 Å². The van der Waals surface area contributed by atoms with E-state index in [1.807, 2.05) is 6.07 Å². The number of ether oxygens (including phenoxy) is 2. The molecule has 0 bridgehead atoms. The van der Waals surface area contributed by atoms with Crippen molar-refractivity contribution in [2.24, 2.45) is 5.92 Å². The normalized spacial score (nSPS) is 13.4. The van der Waals surface area contributed by atoms with Crippen LogP contribution in [0, 0.1) is 5.92 Å². The fraction of sp³-hybridized carbons (Fsp3) is 0.778. The Hall–Kier alpha value is -0.130. The lowest BCUT2D eigenvalue weighted by molar-refractivity contribution is -0.00190. The number of hydrogen-bond donors (Lipinski definition) is 0. The zero-order valence-electron chi connectivity index (χ0n) is 19.8. The maximum atomic E-state index is 6.25. The van der Waals surface area contributed by atoms with Crippen LogP contribution in [0.1, 0.15) is 103 Å². The molecule has 0 amide bonds. The monoisotopic (exact) mass is 530 g/mol. The third-order valence-electron chi connectivity index (χ3n) is 5.84. The van der Waals surface area contributed by atoms with E-state index in [0.717, 1.165) is 24.1 Å². The Morgan fingerprint density at radius 2 is 1.37 bits per heavy atom. The number of unbranched alkanes of at least 4 members (excludes halogenated alkanes) is 10. The van der Waals surface area contributed by atoms with Gasteiger partial charge in [0, 0.05) is 10.3 Å². The van der Waals surface area contributed by atoms with E-state index in [2.05, 4.69) is 60.7 Å². The number of alkyl halides is 1. The molecule has 0 radical (unpaired) electrons. The molecule has 1 rings (SSSR count). The molecule has 1 aromatic rings. The lowest BCUT2D eigenvalue weighted by atomic mass is 10.0. The molecule has 2 atom stereocenters. The second kappa shape index (κ2) is 20.8. The third kappa shape index (κ3) is 15.6. The standard InChI is InChI=1S/C27H47IO2/c1-3-5-6-7-8-9-10-11-12-13-17-20-27(4-2)30-24-26(21-28)23-29-22-25-18-15-14-16-19-25/h14-16,18-19,26-27H,3-13,17,20-24H2,1-2H3. The van der Waals surface area contributed by atoms with E-state index < -0.39 is 0 Å². The second-order valence-electron chi connectivity index (χ2n) is 8.71. The van der Waals surface area contributed by atoms with Crippen LogP contribution in [0.3, 0.4) is 0 Å². The van der Waals surface area contributed by atoms with Gasteiger partial charge in [-0.05, 0) is 18.4 Å². The van der Waals surface area contributed by atoms with E-state index in [1.54, 1.807) is 0 Å². The fourth-order valence-corrected chi connectivity index (χ4v) is 4.28. The first-order valence-corrected chi connectivity index (χ1v) is 14.1. The molecule has 0 saturated carbocycles. The van der Waals surface area contributed by atoms with Gasteiger partial charge in [-0.15, -0.1) is 0 Å². The predicted octanol–water partition coefficient (Wildman–Crippen LogP) is 8.75. The number of rotatable bonds is 21. The van der Waals surface area contributed by atoms with Gasteiger partial charge in [0.15, 0.2) is 0 Å². The Kier molecular flexibility index (Phi) is 19.3. The largest absolute Gasteiger partial charge is 0.378 e. The van der Waals surface area contributed by atoms with Crippen LogP contribution >= 0.6 is 22.6 Å². The quantitative estimate of drug-likeness (QED) is 0.0899. The molecule has 0 heterocycles. The van der Waals surface area contributed by atoms with Crippen molar-refractivity contribution in [2.45, 2.75) is 110 Å². The molecule has 0 aliphatic heterocycles. The van der Waals surface area contributed by atoms with E-state index in [9.17, 15) is 0 Å². The topological polar surface area (TPSA) is 18.5 Å². The summed E-state index contributed by atoms with van der Waals surface area (Å²) in [7, 11) is 0. The summed E-state index contributed by atoms with van der Waals surface area (Å²) in [5.74, 6) is 0.487. The van der Waals surface area contributed by atoms with Crippen LogP contribution in [0.2, 0.25) is 0 Å². The smallest absolute Gasteiger partial charge is 0.0717 e. The zero-order valence-corrected chi connectivity index (χ0v) is 21.9. The predicted molar refractivity (Wildman–Crippen MR) is 140 cm³/mol. The van der Waals surface area contributed by atoms with Gasteiger partial charge in [-0.1, -0.05) is 137 Å². The Labute approximate surface area is 201 Å². The fourth-order valence-electron chi connectivity index (χ4n) is 3.77. The molecular formula is C27H47IO2. The Morgan fingerprint density at radius 3 is 1.93 bits per heavy atom. The summed E-state index contributed by atoms with van der Waals surface area (Å²) < 4.78 is 13.3. The van der Waals surface area contributed by atoms with Gasteiger partial charge in [0.2, 0.25) is 0 Å². The zero-order chi connectivity index (χ0) is 21.7. The SMILES string of the molecule is CCCCCCCCCCCCCC(CC)OCC(CI)COCc1ccccc1. The lowest BCUT2D eigenvalue weighted by Gasteiger charge is -2.20. The summed E-state index contributed by atoms with van der Waals surface area (Å²) in [6.45, 7) is 6.86. The van der Waals surface area contributed by atoms with Gasteiger partial charge in [-0.3, -0.25) is 0 Å². The van der Waals surface area contributed by atoms with Crippen LogP contribution in [0.25, 0.3) is 0 Å². The van der Waals surface area contributed by atoms with Gasteiger partial charge in [-0.25, -0.2) is 0 Å². The van der Waals surface area contributed by atoms with Crippen molar-refractivity contribution in [1.29, 1.82) is 0 Å². The average Bonchev–Trinajstić information content (AvgIpc) is 2.78. The van der Waals surface area contributed by atoms with Gasteiger partial charge < -0.3 is 9.47 Å². The molecule has 2 unspecified atom stereocenters. The van der Waals surface area contributed by atoms with Crippen LogP contribution in [0.15, 0.2) is 30.3 Å². The first kappa shape index (κ1) is 27.9. The Balaban J connectivity index is 2.01. The van der Waals surface area contributed by atoms with Crippen molar-refractivity contribution >= 4 is 22.6 Å². The first-order chi connectivity index (χ1) is 14.8. The summed E-state index contributed by atoms with van der Waals surface area (Å²) in [6.07, 6.45) is 18.2. The van der Waals surface area contributed by atoms with Crippen LogP contribution in [-0.2, 0) is 16.1 Å². The highest BCUT2D eigenvalue weighted by Crippen LogP contribution is 2.16. The maximum absolute atomic E-state index is 6.25. The van der Waals surface area contributed by atoms with E-state index >= 15 is 0 Å². The van der Waals surface area contributed by atoms with Crippen LogP contribution < -0.4 is 0 Å². The van der Waals surface area contributed by atoms with Gasteiger partial charge in [0.05, 0.1) is 25.9 Å². The van der Waals surface area contributed by atoms with Crippen LogP contribution in [-0.4, -0.2) is 23.7 Å². The number of hydrogen-bond acceptors (Lipinski definition) is 2. The maximum Gasteiger partial charge on any atom is 0.0717 e. The molecule has 3 heteroatoms. The molecule has 30 heavy (non-hydrogen) atoms. The summed E-state index contributed by atoms with van der Waals surface area (Å²) in [5.41, 5.74) is 1.24. The van der Waals surface area contributed by atoms with Gasteiger partial charge in [0.1, 0.15) is 0 Å². The van der Waals surface area contributed by atoms with E-state index in [0.29, 0.717) is 18.6 Å². The lowest BCUT2D eigenvalue weighted by Crippen LogP contribution is -2.22. The highest BCUT2D eigenvalue weighted by Gasteiger charge is 2.12. The highest BCUT2D eigenvalue weighted by atomic mass is 127. The minimum absolute atomic E-state index is 0.420. The van der Waals surface area contributed by atoms with Gasteiger partial charge in [-0.2, -0.15) is 0 Å².